The molecule has 1 aromatic carbocycles. The monoisotopic (exact) mass is 432 g/mol. The topological polar surface area (TPSA) is 76.1 Å². The van der Waals surface area contributed by atoms with Crippen LogP contribution in [0.4, 0.5) is 11.6 Å². The van der Waals surface area contributed by atoms with E-state index < -0.39 is 6.10 Å². The molecule has 168 valence electrons. The highest BCUT2D eigenvalue weighted by molar-refractivity contribution is 5.94. The third-order valence-corrected chi connectivity index (χ3v) is 5.83. The summed E-state index contributed by atoms with van der Waals surface area (Å²) < 4.78 is 5.69. The van der Waals surface area contributed by atoms with E-state index in [1.165, 1.54) is 32.1 Å². The van der Waals surface area contributed by atoms with E-state index in [-0.39, 0.29) is 12.0 Å². The van der Waals surface area contributed by atoms with Crippen LogP contribution in [0.5, 0.6) is 0 Å². The Morgan fingerprint density at radius 1 is 1.06 bits per heavy atom. The summed E-state index contributed by atoms with van der Waals surface area (Å²) in [5.41, 5.74) is 1.22. The Kier molecular flexibility index (Phi) is 6.88. The van der Waals surface area contributed by atoms with Crippen molar-refractivity contribution in [3.8, 4) is 0 Å². The van der Waals surface area contributed by atoms with Gasteiger partial charge in [0.25, 0.3) is 0 Å². The zero-order valence-corrected chi connectivity index (χ0v) is 19.1. The van der Waals surface area contributed by atoms with Gasteiger partial charge < -0.3 is 15.4 Å². The minimum absolute atomic E-state index is 0.214. The van der Waals surface area contributed by atoms with Crippen LogP contribution in [-0.2, 0) is 4.74 Å². The van der Waals surface area contributed by atoms with Crippen molar-refractivity contribution in [2.24, 2.45) is 0 Å². The van der Waals surface area contributed by atoms with Gasteiger partial charge in [0.1, 0.15) is 17.7 Å². The Morgan fingerprint density at radius 2 is 1.81 bits per heavy atom. The number of pyridine rings is 2. The third kappa shape index (κ3) is 5.36. The minimum atomic E-state index is -0.486. The van der Waals surface area contributed by atoms with Crippen molar-refractivity contribution in [3.63, 3.8) is 0 Å². The summed E-state index contributed by atoms with van der Waals surface area (Å²) >= 11 is 0. The summed E-state index contributed by atoms with van der Waals surface area (Å²) in [4.78, 5) is 22.0. The van der Waals surface area contributed by atoms with Crippen molar-refractivity contribution >= 4 is 28.4 Å². The summed E-state index contributed by atoms with van der Waals surface area (Å²) in [5, 5.41) is 9.03. The Balaban J connectivity index is 1.60. The lowest BCUT2D eigenvalue weighted by molar-refractivity contribution is 0.0330. The zero-order valence-electron chi connectivity index (χ0n) is 19.1. The fourth-order valence-electron chi connectivity index (χ4n) is 4.16. The molecule has 1 fully saturated rings. The van der Waals surface area contributed by atoms with Crippen molar-refractivity contribution < 1.29 is 9.53 Å². The van der Waals surface area contributed by atoms with E-state index in [1.54, 1.807) is 12.1 Å². The maximum atomic E-state index is 12.5. The van der Waals surface area contributed by atoms with Gasteiger partial charge in [-0.3, -0.25) is 0 Å². The van der Waals surface area contributed by atoms with Crippen LogP contribution in [0.15, 0.2) is 48.7 Å². The first-order valence-corrected chi connectivity index (χ1v) is 11.6. The molecule has 0 aliphatic heterocycles. The number of carbonyl (C=O) groups excluding carboxylic acids is 1. The number of rotatable bonds is 7. The fraction of sp³-hybridized carbons (Fsp3) is 0.423. The maximum absolute atomic E-state index is 12.5. The maximum Gasteiger partial charge on any atom is 0.338 e. The van der Waals surface area contributed by atoms with Crippen molar-refractivity contribution in [1.82, 2.24) is 9.97 Å². The predicted molar refractivity (Wildman–Crippen MR) is 129 cm³/mol. The van der Waals surface area contributed by atoms with Gasteiger partial charge >= 0.3 is 5.97 Å². The van der Waals surface area contributed by atoms with Crippen LogP contribution in [0, 0.1) is 0 Å². The van der Waals surface area contributed by atoms with Gasteiger partial charge in [0.05, 0.1) is 11.3 Å². The van der Waals surface area contributed by atoms with Crippen LogP contribution in [0.25, 0.3) is 10.8 Å². The van der Waals surface area contributed by atoms with Crippen LogP contribution < -0.4 is 10.6 Å². The van der Waals surface area contributed by atoms with E-state index in [4.69, 9.17) is 9.72 Å². The normalized spacial score (nSPS) is 15.5. The van der Waals surface area contributed by atoms with Crippen molar-refractivity contribution in [1.29, 1.82) is 0 Å². The molecule has 0 saturated heterocycles. The molecule has 6 heteroatoms. The van der Waals surface area contributed by atoms with Gasteiger partial charge in [0.2, 0.25) is 0 Å². The second-order valence-electron chi connectivity index (χ2n) is 8.88. The Morgan fingerprint density at radius 3 is 2.53 bits per heavy atom. The number of fused-ring (bicyclic) bond motifs is 1. The van der Waals surface area contributed by atoms with Gasteiger partial charge in [0, 0.05) is 29.1 Å². The van der Waals surface area contributed by atoms with Gasteiger partial charge in [-0.25, -0.2) is 14.8 Å². The molecule has 6 nitrogen and oxygen atoms in total. The Labute approximate surface area is 189 Å². The average molecular weight is 433 g/mol. The third-order valence-electron chi connectivity index (χ3n) is 5.83. The highest BCUT2D eigenvalue weighted by atomic mass is 16.5. The van der Waals surface area contributed by atoms with E-state index in [0.29, 0.717) is 17.3 Å². The standard InChI is InChI=1S/C26H32N4O2/c1-17(2)28-25-22-15-24(29-21-12-8-5-9-13-21)27-16-20(22)14-23(30-25)18(3)32-26(31)19-10-6-4-7-11-19/h4,6-7,10-11,14-18,21H,5,8-9,12-13H2,1-3H3,(H,27,29)(H,28,30)/t18-/m1/s1. The second-order valence-corrected chi connectivity index (χ2v) is 8.88. The highest BCUT2D eigenvalue weighted by Crippen LogP contribution is 2.30. The lowest BCUT2D eigenvalue weighted by Gasteiger charge is -2.23. The molecule has 0 bridgehead atoms. The number of nitrogens with one attached hydrogen (secondary N) is 2. The van der Waals surface area contributed by atoms with Gasteiger partial charge in [-0.2, -0.15) is 0 Å². The van der Waals surface area contributed by atoms with E-state index in [9.17, 15) is 4.79 Å². The molecule has 0 spiro atoms. The quantitative estimate of drug-likeness (QED) is 0.439. The fourth-order valence-corrected chi connectivity index (χ4v) is 4.16. The van der Waals surface area contributed by atoms with Crippen LogP contribution in [-0.4, -0.2) is 28.0 Å². The first kappa shape index (κ1) is 22.1. The lowest BCUT2D eigenvalue weighted by atomic mass is 9.95. The van der Waals surface area contributed by atoms with Gasteiger partial charge in [-0.15, -0.1) is 0 Å². The van der Waals surface area contributed by atoms with E-state index in [0.717, 1.165) is 22.4 Å². The van der Waals surface area contributed by atoms with Gasteiger partial charge in [-0.05, 0) is 57.9 Å². The molecule has 0 radical (unpaired) electrons. The average Bonchev–Trinajstić information content (AvgIpc) is 2.80. The summed E-state index contributed by atoms with van der Waals surface area (Å²) in [6.07, 6.45) is 7.65. The summed E-state index contributed by atoms with van der Waals surface area (Å²) in [6, 6.07) is 13.8. The molecule has 1 atom stereocenters. The number of nitrogens with zero attached hydrogens (tertiary/aromatic N) is 2. The molecule has 32 heavy (non-hydrogen) atoms. The smallest absolute Gasteiger partial charge is 0.338 e. The number of carbonyl (C=O) groups is 1. The largest absolute Gasteiger partial charge is 0.453 e. The van der Waals surface area contributed by atoms with E-state index >= 15 is 0 Å². The van der Waals surface area contributed by atoms with Crippen LogP contribution in [0.2, 0.25) is 0 Å². The van der Waals surface area contributed by atoms with Crippen molar-refractivity contribution in [3.05, 3.63) is 59.9 Å². The molecule has 2 N–H and O–H groups in total. The first-order chi connectivity index (χ1) is 15.5. The molecule has 4 rings (SSSR count). The molecule has 1 saturated carbocycles. The van der Waals surface area contributed by atoms with Crippen molar-refractivity contribution in [2.45, 2.75) is 71.1 Å². The SMILES string of the molecule is CC(C)Nc1nc([C@@H](C)OC(=O)c2ccccc2)cc2cnc(NC3CCCCC3)cc12. The highest BCUT2D eigenvalue weighted by Gasteiger charge is 2.19. The second kappa shape index (κ2) is 9.98. The zero-order chi connectivity index (χ0) is 22.5. The molecule has 1 aliphatic rings. The predicted octanol–water partition coefficient (Wildman–Crippen LogP) is 6.11. The number of anilines is 2. The molecular weight excluding hydrogens is 400 g/mol. The Hall–Kier alpha value is -3.15. The first-order valence-electron chi connectivity index (χ1n) is 11.6. The van der Waals surface area contributed by atoms with E-state index in [2.05, 4.69) is 35.5 Å². The van der Waals surface area contributed by atoms with Crippen LogP contribution in [0.3, 0.4) is 0 Å². The van der Waals surface area contributed by atoms with Crippen LogP contribution >= 0.6 is 0 Å². The number of aromatic nitrogens is 2. The molecule has 1 aliphatic carbocycles. The van der Waals surface area contributed by atoms with Gasteiger partial charge in [0.15, 0.2) is 0 Å². The summed E-state index contributed by atoms with van der Waals surface area (Å²) in [7, 11) is 0. The van der Waals surface area contributed by atoms with E-state index in [1.807, 2.05) is 37.4 Å². The summed E-state index contributed by atoms with van der Waals surface area (Å²) in [6.45, 7) is 6.02. The Bertz CT molecular complexity index is 1060. The minimum Gasteiger partial charge on any atom is -0.453 e. The molecule has 3 aromatic rings. The summed E-state index contributed by atoms with van der Waals surface area (Å²) in [5.74, 6) is 1.31. The molecule has 0 amide bonds. The van der Waals surface area contributed by atoms with Crippen LogP contribution in [0.1, 0.15) is 75.0 Å². The number of benzene rings is 1. The van der Waals surface area contributed by atoms with Crippen molar-refractivity contribution in [2.75, 3.05) is 10.6 Å². The number of hydrogen-bond donors (Lipinski definition) is 2. The molecular formula is C26H32N4O2. The molecule has 2 aromatic heterocycles. The molecule has 2 heterocycles. The van der Waals surface area contributed by atoms with Gasteiger partial charge in [-0.1, -0.05) is 37.5 Å². The number of ether oxygens (including phenoxy) is 1. The molecule has 0 unspecified atom stereocenters. The lowest BCUT2D eigenvalue weighted by Crippen LogP contribution is -2.22. The number of hydrogen-bond acceptors (Lipinski definition) is 6. The number of esters is 1.